The third-order valence-electron chi connectivity index (χ3n) is 4.16. The maximum Gasteiger partial charge on any atom is 2.00 e. The van der Waals surface area contributed by atoms with Gasteiger partial charge in [-0.2, -0.15) is 17.5 Å². The fourth-order valence-corrected chi connectivity index (χ4v) is 2.70. The van der Waals surface area contributed by atoms with Crippen LogP contribution in [0.1, 0.15) is 11.1 Å². The molecule has 0 N–H and O–H groups in total. The molecule has 0 radical (unpaired) electrons. The van der Waals surface area contributed by atoms with E-state index in [1.165, 1.54) is 10.8 Å². The predicted molar refractivity (Wildman–Crippen MR) is 110 cm³/mol. The van der Waals surface area contributed by atoms with Crippen LogP contribution in [0.2, 0.25) is 0 Å². The van der Waals surface area contributed by atoms with Gasteiger partial charge in [0.1, 0.15) is 0 Å². The maximum atomic E-state index is 4.10. The second-order valence-corrected chi connectivity index (χ2v) is 5.84. The van der Waals surface area contributed by atoms with Crippen molar-refractivity contribution >= 4 is 21.9 Å². The van der Waals surface area contributed by atoms with Gasteiger partial charge in [0, 0.05) is 0 Å². The molecule has 0 heterocycles. The first-order valence-corrected chi connectivity index (χ1v) is 8.35. The van der Waals surface area contributed by atoms with Gasteiger partial charge in [-0.05, 0) is 22.3 Å². The molecule has 0 spiro atoms. The van der Waals surface area contributed by atoms with Crippen LogP contribution in [0.4, 0.5) is 0 Å². The summed E-state index contributed by atoms with van der Waals surface area (Å²) in [7, 11) is 0. The molecule has 26 heavy (non-hydrogen) atoms. The van der Waals surface area contributed by atoms with Crippen molar-refractivity contribution in [3.8, 4) is 0 Å². The first-order valence-electron chi connectivity index (χ1n) is 8.35. The molecule has 0 nitrogen and oxygen atoms in total. The molecule has 1 heteroatoms. The molecule has 124 valence electrons. The van der Waals surface area contributed by atoms with Crippen molar-refractivity contribution in [3.63, 3.8) is 0 Å². The molecule has 4 aromatic rings. The normalized spacial score (nSPS) is 9.54. The summed E-state index contributed by atoms with van der Waals surface area (Å²) >= 11 is 0. The van der Waals surface area contributed by atoms with Crippen molar-refractivity contribution in [3.05, 3.63) is 127 Å². The average Bonchev–Trinajstić information content (AvgIpc) is 3.17. The standard InChI is InChI=1S/C16H14.C9H7.Zr/c1-13(15-9-5-3-6-10-15)14(2)16-11-7-4-8-12-16;1-2-5-9-7-3-6-8(9)4-1;/h3-12H,1-2H2;1-7H;/q;-1;+2. The molecule has 0 unspecified atom stereocenters. The van der Waals surface area contributed by atoms with Gasteiger partial charge in [-0.1, -0.05) is 79.9 Å². The molecule has 0 aliphatic rings. The number of hydrogen-bond acceptors (Lipinski definition) is 0. The number of rotatable bonds is 3. The van der Waals surface area contributed by atoms with E-state index < -0.39 is 0 Å². The van der Waals surface area contributed by atoms with Crippen molar-refractivity contribution in [2.24, 2.45) is 0 Å². The van der Waals surface area contributed by atoms with Gasteiger partial charge < -0.3 is 0 Å². The van der Waals surface area contributed by atoms with Crippen LogP contribution in [0.25, 0.3) is 21.9 Å². The van der Waals surface area contributed by atoms with Crippen LogP contribution < -0.4 is 0 Å². The zero-order chi connectivity index (χ0) is 17.5. The molecule has 0 saturated carbocycles. The van der Waals surface area contributed by atoms with Crippen molar-refractivity contribution in [2.45, 2.75) is 0 Å². The van der Waals surface area contributed by atoms with Crippen LogP contribution in [0.3, 0.4) is 0 Å². The molecule has 0 aliphatic carbocycles. The van der Waals surface area contributed by atoms with E-state index in [2.05, 4.69) is 79.9 Å². The topological polar surface area (TPSA) is 0 Å². The Balaban J connectivity index is 0.000000206. The van der Waals surface area contributed by atoms with E-state index in [4.69, 9.17) is 0 Å². The molecule has 4 aromatic carbocycles. The van der Waals surface area contributed by atoms with Crippen molar-refractivity contribution < 1.29 is 26.2 Å². The number of allylic oxidation sites excluding steroid dienone is 2. The molecule has 0 saturated heterocycles. The zero-order valence-corrected chi connectivity index (χ0v) is 17.2. The maximum absolute atomic E-state index is 4.10. The molecule has 0 bridgehead atoms. The van der Waals surface area contributed by atoms with E-state index >= 15 is 0 Å². The SMILES string of the molecule is C=C(C(=C)c1ccccc1)c1ccccc1.[Zr+2].c1ccc2[cH-]ccc2c1. The van der Waals surface area contributed by atoms with Gasteiger partial charge in [-0.3, -0.25) is 0 Å². The van der Waals surface area contributed by atoms with Crippen LogP contribution in [0.5, 0.6) is 0 Å². The summed E-state index contributed by atoms with van der Waals surface area (Å²) in [6.45, 7) is 8.20. The van der Waals surface area contributed by atoms with E-state index in [0.29, 0.717) is 0 Å². The molecule has 4 rings (SSSR count). The predicted octanol–water partition coefficient (Wildman–Crippen LogP) is 6.97. The van der Waals surface area contributed by atoms with Gasteiger partial charge in [0.15, 0.2) is 0 Å². The van der Waals surface area contributed by atoms with E-state index in [0.717, 1.165) is 22.3 Å². The van der Waals surface area contributed by atoms with Crippen LogP contribution >= 0.6 is 0 Å². The Morgan fingerprint density at radius 1 is 0.577 bits per heavy atom. The second kappa shape index (κ2) is 9.95. The molecular weight excluding hydrogens is 391 g/mol. The molecule has 0 aromatic heterocycles. The summed E-state index contributed by atoms with van der Waals surface area (Å²) in [5.74, 6) is 0. The number of benzene rings is 3. The first-order chi connectivity index (χ1) is 12.3. The summed E-state index contributed by atoms with van der Waals surface area (Å²) < 4.78 is 0. The average molecular weight is 413 g/mol. The Morgan fingerprint density at radius 2 is 1.04 bits per heavy atom. The zero-order valence-electron chi connectivity index (χ0n) is 14.7. The van der Waals surface area contributed by atoms with Gasteiger partial charge in [0.2, 0.25) is 0 Å². The third-order valence-corrected chi connectivity index (χ3v) is 4.16. The van der Waals surface area contributed by atoms with E-state index in [-0.39, 0.29) is 26.2 Å². The largest absolute Gasteiger partial charge is 2.00 e. The van der Waals surface area contributed by atoms with Gasteiger partial charge in [0.25, 0.3) is 0 Å². The van der Waals surface area contributed by atoms with Crippen LogP contribution in [-0.4, -0.2) is 0 Å². The summed E-state index contributed by atoms with van der Waals surface area (Å²) in [4.78, 5) is 0. The molecular formula is C25H21Zr+. The van der Waals surface area contributed by atoms with Gasteiger partial charge >= 0.3 is 26.2 Å². The summed E-state index contributed by atoms with van der Waals surface area (Å²) in [5.41, 5.74) is 4.20. The van der Waals surface area contributed by atoms with Crippen molar-refractivity contribution in [2.75, 3.05) is 0 Å². The van der Waals surface area contributed by atoms with E-state index in [1.54, 1.807) is 0 Å². The van der Waals surface area contributed by atoms with Crippen molar-refractivity contribution in [1.29, 1.82) is 0 Å². The Labute approximate surface area is 175 Å². The second-order valence-electron chi connectivity index (χ2n) is 5.84. The van der Waals surface area contributed by atoms with Crippen molar-refractivity contribution in [1.82, 2.24) is 0 Å². The van der Waals surface area contributed by atoms with E-state index in [9.17, 15) is 0 Å². The Morgan fingerprint density at radius 3 is 1.54 bits per heavy atom. The fourth-order valence-electron chi connectivity index (χ4n) is 2.70. The summed E-state index contributed by atoms with van der Waals surface area (Å²) in [6, 6.07) is 34.9. The third kappa shape index (κ3) is 5.07. The Hall–Kier alpha value is -2.37. The molecule has 0 fully saturated rings. The summed E-state index contributed by atoms with van der Waals surface area (Å²) in [5, 5.41) is 2.66. The van der Waals surface area contributed by atoms with Gasteiger partial charge in [0.05, 0.1) is 0 Å². The van der Waals surface area contributed by atoms with Gasteiger partial charge in [-0.25, -0.2) is 0 Å². The Bertz CT molecular complexity index is 883. The van der Waals surface area contributed by atoms with Crippen LogP contribution in [0.15, 0.2) is 116 Å². The molecule has 0 aliphatic heterocycles. The van der Waals surface area contributed by atoms with Crippen LogP contribution in [-0.2, 0) is 26.2 Å². The van der Waals surface area contributed by atoms with Crippen LogP contribution in [0, 0.1) is 0 Å². The minimum Gasteiger partial charge on any atom is -0.168 e. The minimum atomic E-state index is 0. The minimum absolute atomic E-state index is 0. The monoisotopic (exact) mass is 411 g/mol. The smallest absolute Gasteiger partial charge is 0.168 e. The Kier molecular flexibility index (Phi) is 7.63. The quantitative estimate of drug-likeness (QED) is 0.252. The van der Waals surface area contributed by atoms with Gasteiger partial charge in [-0.15, -0.1) is 29.7 Å². The fraction of sp³-hybridized carbons (Fsp3) is 0. The molecule has 0 amide bonds. The summed E-state index contributed by atoms with van der Waals surface area (Å²) in [6.07, 6.45) is 0. The number of hydrogen-bond donors (Lipinski definition) is 0. The number of fused-ring (bicyclic) bond motifs is 1. The van der Waals surface area contributed by atoms with E-state index in [1.807, 2.05) is 36.4 Å². The first kappa shape index (κ1) is 20.0. The molecule has 0 atom stereocenters.